The molecule has 1 saturated heterocycles. The van der Waals surface area contributed by atoms with E-state index in [2.05, 4.69) is 15.0 Å². The second kappa shape index (κ2) is 4.21. The molecule has 2 atom stereocenters. The second-order valence-electron chi connectivity index (χ2n) is 4.47. The number of aromatic nitrogens is 4. The van der Waals surface area contributed by atoms with E-state index in [0.717, 1.165) is 4.57 Å². The highest BCUT2D eigenvalue weighted by atomic mass is 19.3. The van der Waals surface area contributed by atoms with Crippen LogP contribution >= 0.6 is 0 Å². The molecule has 0 radical (unpaired) electrons. The second-order valence-corrected chi connectivity index (χ2v) is 4.47. The molecule has 3 heterocycles. The van der Waals surface area contributed by atoms with E-state index in [-0.39, 0.29) is 17.1 Å². The summed E-state index contributed by atoms with van der Waals surface area (Å²) < 4.78 is 33.0. The molecular formula is C10H11F2N5O3. The van der Waals surface area contributed by atoms with Crippen molar-refractivity contribution in [2.45, 2.75) is 24.7 Å². The van der Waals surface area contributed by atoms with Crippen LogP contribution in [0.25, 0.3) is 11.2 Å². The summed E-state index contributed by atoms with van der Waals surface area (Å²) in [5.74, 6) is -3.51. The first-order valence-corrected chi connectivity index (χ1v) is 5.79. The molecule has 0 aliphatic carbocycles. The van der Waals surface area contributed by atoms with Gasteiger partial charge in [0, 0.05) is 0 Å². The van der Waals surface area contributed by atoms with Gasteiger partial charge < -0.3 is 20.6 Å². The summed E-state index contributed by atoms with van der Waals surface area (Å²) in [6, 6.07) is 0. The van der Waals surface area contributed by atoms with Gasteiger partial charge in [0.1, 0.15) is 12.3 Å². The fourth-order valence-electron chi connectivity index (χ4n) is 2.22. The minimum Gasteiger partial charge on any atom is -0.393 e. The number of aromatic amines is 1. The Labute approximate surface area is 110 Å². The molecule has 0 spiro atoms. The lowest BCUT2D eigenvalue weighted by atomic mass is 10.2. The van der Waals surface area contributed by atoms with E-state index in [0.29, 0.717) is 0 Å². The van der Waals surface area contributed by atoms with Gasteiger partial charge in [-0.15, -0.1) is 0 Å². The molecule has 0 saturated carbocycles. The van der Waals surface area contributed by atoms with Crippen molar-refractivity contribution in [3.63, 3.8) is 0 Å². The number of rotatable bonds is 2. The zero-order chi connectivity index (χ0) is 14.5. The number of imidazole rings is 1. The summed E-state index contributed by atoms with van der Waals surface area (Å²) in [5.41, 5.74) is 5.12. The van der Waals surface area contributed by atoms with Crippen LogP contribution < -0.4 is 11.3 Å². The van der Waals surface area contributed by atoms with Crippen LogP contribution in [0.5, 0.6) is 0 Å². The molecule has 20 heavy (non-hydrogen) atoms. The number of H-pyrrole nitrogens is 1. The van der Waals surface area contributed by atoms with Crippen LogP contribution in [0.1, 0.15) is 12.6 Å². The maximum atomic E-state index is 13.6. The number of fused-ring (bicyclic) bond motifs is 1. The molecule has 1 aliphatic heterocycles. The summed E-state index contributed by atoms with van der Waals surface area (Å²) >= 11 is 0. The van der Waals surface area contributed by atoms with E-state index >= 15 is 0 Å². The van der Waals surface area contributed by atoms with Gasteiger partial charge in [0.05, 0.1) is 19.4 Å². The molecule has 1 aliphatic rings. The molecule has 10 heteroatoms. The number of aliphatic hydroxyl groups is 1. The summed E-state index contributed by atoms with van der Waals surface area (Å²) in [5, 5.41) is 8.89. The Bertz CT molecular complexity index is 712. The minimum absolute atomic E-state index is 0.0542. The van der Waals surface area contributed by atoms with Crippen molar-refractivity contribution >= 4 is 17.1 Å². The van der Waals surface area contributed by atoms with Crippen molar-refractivity contribution in [1.29, 1.82) is 0 Å². The van der Waals surface area contributed by atoms with Crippen LogP contribution in [0.3, 0.4) is 0 Å². The highest BCUT2D eigenvalue weighted by Gasteiger charge is 2.51. The van der Waals surface area contributed by atoms with Gasteiger partial charge in [-0.05, 0) is 0 Å². The minimum atomic E-state index is -3.24. The van der Waals surface area contributed by atoms with E-state index in [1.54, 1.807) is 0 Å². The molecule has 0 bridgehead atoms. The average Bonchev–Trinajstić information content (AvgIpc) is 2.93. The summed E-state index contributed by atoms with van der Waals surface area (Å²) in [6.07, 6.45) is -2.46. The largest absolute Gasteiger partial charge is 0.393 e. The van der Waals surface area contributed by atoms with E-state index < -0.39 is 36.8 Å². The Balaban J connectivity index is 2.09. The first-order valence-electron chi connectivity index (χ1n) is 5.79. The van der Waals surface area contributed by atoms with Gasteiger partial charge in [-0.25, -0.2) is 18.3 Å². The monoisotopic (exact) mass is 287 g/mol. The Morgan fingerprint density at radius 3 is 3.05 bits per heavy atom. The summed E-state index contributed by atoms with van der Waals surface area (Å²) in [6.45, 7) is -0.849. The van der Waals surface area contributed by atoms with E-state index in [9.17, 15) is 13.6 Å². The van der Waals surface area contributed by atoms with Crippen molar-refractivity contribution in [1.82, 2.24) is 19.5 Å². The first-order chi connectivity index (χ1) is 9.44. The number of nitrogens with one attached hydrogen (secondary N) is 1. The van der Waals surface area contributed by atoms with Gasteiger partial charge in [0.25, 0.3) is 11.5 Å². The molecular weight excluding hydrogens is 276 g/mol. The zero-order valence-electron chi connectivity index (χ0n) is 10.1. The third kappa shape index (κ3) is 1.76. The predicted molar refractivity (Wildman–Crippen MR) is 63.1 cm³/mol. The van der Waals surface area contributed by atoms with E-state index in [1.807, 2.05) is 0 Å². The lowest BCUT2D eigenvalue weighted by Gasteiger charge is -2.15. The van der Waals surface area contributed by atoms with Crippen LogP contribution in [0, 0.1) is 0 Å². The molecule has 3 rings (SSSR count). The maximum Gasteiger partial charge on any atom is 0.283 e. The molecule has 0 aromatic carbocycles. The normalized spacial score (nSPS) is 25.4. The number of nitrogens with zero attached hydrogens (tertiary/aromatic N) is 3. The van der Waals surface area contributed by atoms with Crippen molar-refractivity contribution in [2.75, 3.05) is 12.3 Å². The molecule has 108 valence electrons. The van der Waals surface area contributed by atoms with Gasteiger partial charge in [-0.1, -0.05) is 0 Å². The lowest BCUT2D eigenvalue weighted by Crippen LogP contribution is -2.31. The van der Waals surface area contributed by atoms with Crippen LogP contribution in [-0.2, 0) is 4.74 Å². The molecule has 2 aromatic rings. The average molecular weight is 287 g/mol. The third-order valence-electron chi connectivity index (χ3n) is 3.21. The number of aliphatic hydroxyl groups excluding tert-OH is 1. The van der Waals surface area contributed by atoms with Gasteiger partial charge in [-0.2, -0.15) is 4.98 Å². The van der Waals surface area contributed by atoms with Crippen LogP contribution in [-0.4, -0.2) is 43.3 Å². The molecule has 4 N–H and O–H groups in total. The van der Waals surface area contributed by atoms with Crippen LogP contribution in [0.2, 0.25) is 0 Å². The molecule has 0 unspecified atom stereocenters. The molecule has 1 fully saturated rings. The summed E-state index contributed by atoms with van der Waals surface area (Å²) in [4.78, 5) is 22.4. The number of ether oxygens (including phenoxy) is 1. The number of anilines is 1. The van der Waals surface area contributed by atoms with Gasteiger partial charge in [0.2, 0.25) is 5.95 Å². The molecule has 0 amide bonds. The van der Waals surface area contributed by atoms with Crippen molar-refractivity contribution < 1.29 is 18.6 Å². The quantitative estimate of drug-likeness (QED) is 0.692. The smallest absolute Gasteiger partial charge is 0.283 e. The van der Waals surface area contributed by atoms with Crippen LogP contribution in [0.4, 0.5) is 14.7 Å². The zero-order valence-corrected chi connectivity index (χ0v) is 10.1. The Kier molecular flexibility index (Phi) is 2.73. The van der Waals surface area contributed by atoms with E-state index in [1.165, 1.54) is 6.33 Å². The van der Waals surface area contributed by atoms with Crippen molar-refractivity contribution in [3.05, 3.63) is 16.7 Å². The Morgan fingerprint density at radius 1 is 1.65 bits per heavy atom. The SMILES string of the molecule is Nc1nc2nc[nH]c2c(=O)n1[C@H]1CC(F)(F)[C@H](CO)O1. The fourth-order valence-corrected chi connectivity index (χ4v) is 2.22. The highest BCUT2D eigenvalue weighted by Crippen LogP contribution is 2.40. The van der Waals surface area contributed by atoms with E-state index in [4.69, 9.17) is 15.6 Å². The number of hydrogen-bond acceptors (Lipinski definition) is 6. The van der Waals surface area contributed by atoms with Gasteiger partial charge in [-0.3, -0.25) is 4.79 Å². The predicted octanol–water partition coefficient (Wildman–Crippen LogP) is -0.383. The number of hydrogen-bond donors (Lipinski definition) is 3. The summed E-state index contributed by atoms with van der Waals surface area (Å²) in [7, 11) is 0. The third-order valence-corrected chi connectivity index (χ3v) is 3.21. The maximum absolute atomic E-state index is 13.6. The number of nitrogens with two attached hydrogens (primary N) is 1. The van der Waals surface area contributed by atoms with Crippen molar-refractivity contribution in [2.24, 2.45) is 0 Å². The first kappa shape index (κ1) is 12.9. The topological polar surface area (TPSA) is 119 Å². The standard InChI is InChI=1S/C10H11F2N5O3/c11-10(12)1-5(20-4(10)2-18)17-8(19)6-7(15-3-14-6)16-9(17)13/h3-5,18H,1-2H2,(H2,13,16)(H,14,15)/t4-,5+/m0/s1. The molecule has 8 nitrogen and oxygen atoms in total. The lowest BCUT2D eigenvalue weighted by molar-refractivity contribution is -0.102. The Hall–Kier alpha value is -2.07. The van der Waals surface area contributed by atoms with Gasteiger partial charge >= 0.3 is 0 Å². The fraction of sp³-hybridized carbons (Fsp3) is 0.500. The Morgan fingerprint density at radius 2 is 2.40 bits per heavy atom. The number of nitrogen functional groups attached to an aromatic ring is 1. The van der Waals surface area contributed by atoms with Crippen molar-refractivity contribution in [3.8, 4) is 0 Å². The molecule has 2 aromatic heterocycles. The van der Waals surface area contributed by atoms with Crippen LogP contribution in [0.15, 0.2) is 11.1 Å². The highest BCUT2D eigenvalue weighted by molar-refractivity contribution is 5.69. The van der Waals surface area contributed by atoms with Gasteiger partial charge in [0.15, 0.2) is 11.2 Å². The number of halogens is 2. The number of alkyl halides is 2.